The van der Waals surface area contributed by atoms with E-state index in [1.54, 1.807) is 0 Å². The molecule has 1 aromatic carbocycles. The van der Waals surface area contributed by atoms with Crippen LogP contribution in [0.25, 0.3) is 0 Å². The van der Waals surface area contributed by atoms with Gasteiger partial charge in [-0.1, -0.05) is 18.2 Å². The van der Waals surface area contributed by atoms with E-state index in [1.807, 2.05) is 35.2 Å². The number of likely N-dealkylation sites (tertiary alicyclic amines) is 2. The van der Waals surface area contributed by atoms with Gasteiger partial charge in [-0.15, -0.1) is 0 Å². The zero-order chi connectivity index (χ0) is 18.0. The average Bonchev–Trinajstić information content (AvgIpc) is 3.06. The molecule has 5 heteroatoms. The predicted octanol–water partition coefficient (Wildman–Crippen LogP) is 2.15. The van der Waals surface area contributed by atoms with E-state index in [4.69, 9.17) is 4.74 Å². The number of hydrogen-bond donors (Lipinski definition) is 1. The highest BCUT2D eigenvalue weighted by Crippen LogP contribution is 2.42. The van der Waals surface area contributed by atoms with Crippen LogP contribution in [0.4, 0.5) is 0 Å². The lowest BCUT2D eigenvalue weighted by Crippen LogP contribution is -2.44. The third-order valence-corrected chi connectivity index (χ3v) is 6.44. The van der Waals surface area contributed by atoms with Crippen molar-refractivity contribution in [1.82, 2.24) is 9.80 Å². The number of ether oxygens (including phenoxy) is 1. The Morgan fingerprint density at radius 1 is 1.12 bits per heavy atom. The Labute approximate surface area is 155 Å². The third kappa shape index (κ3) is 3.95. The molecule has 0 saturated carbocycles. The maximum absolute atomic E-state index is 12.6. The van der Waals surface area contributed by atoms with Crippen molar-refractivity contribution in [2.24, 2.45) is 5.41 Å². The van der Waals surface area contributed by atoms with Gasteiger partial charge in [-0.2, -0.15) is 0 Å². The largest absolute Gasteiger partial charge is 0.393 e. The van der Waals surface area contributed by atoms with Crippen LogP contribution in [0.2, 0.25) is 0 Å². The molecule has 0 radical (unpaired) electrons. The zero-order valence-electron chi connectivity index (χ0n) is 15.5. The number of aliphatic hydroxyl groups excluding tert-OH is 1. The topological polar surface area (TPSA) is 53.0 Å². The third-order valence-electron chi connectivity index (χ3n) is 6.44. The highest BCUT2D eigenvalue weighted by Gasteiger charge is 2.43. The molecule has 3 fully saturated rings. The van der Waals surface area contributed by atoms with Gasteiger partial charge in [0.25, 0.3) is 5.91 Å². The van der Waals surface area contributed by atoms with E-state index in [-0.39, 0.29) is 17.4 Å². The first-order chi connectivity index (χ1) is 12.6. The Morgan fingerprint density at radius 2 is 1.81 bits per heavy atom. The van der Waals surface area contributed by atoms with Crippen molar-refractivity contribution in [3.8, 4) is 0 Å². The van der Waals surface area contributed by atoms with Crippen molar-refractivity contribution < 1.29 is 14.6 Å². The smallest absolute Gasteiger partial charge is 0.253 e. The fourth-order valence-corrected chi connectivity index (χ4v) is 4.70. The van der Waals surface area contributed by atoms with Gasteiger partial charge in [-0.3, -0.25) is 4.79 Å². The summed E-state index contributed by atoms with van der Waals surface area (Å²) in [6, 6.07) is 9.59. The second kappa shape index (κ2) is 7.67. The van der Waals surface area contributed by atoms with Gasteiger partial charge in [-0.25, -0.2) is 0 Å². The van der Waals surface area contributed by atoms with E-state index in [0.717, 1.165) is 77.0 Å². The Bertz CT molecular complexity index is 605. The van der Waals surface area contributed by atoms with E-state index in [2.05, 4.69) is 4.90 Å². The number of amides is 1. The van der Waals surface area contributed by atoms with Crippen molar-refractivity contribution in [2.75, 3.05) is 39.3 Å². The van der Waals surface area contributed by atoms with Gasteiger partial charge < -0.3 is 19.6 Å². The maximum atomic E-state index is 12.6. The fraction of sp³-hybridized carbons (Fsp3) is 0.667. The van der Waals surface area contributed by atoms with Crippen molar-refractivity contribution in [3.63, 3.8) is 0 Å². The number of benzene rings is 1. The first-order valence-electron chi connectivity index (χ1n) is 10.00. The van der Waals surface area contributed by atoms with Gasteiger partial charge in [-0.05, 0) is 49.7 Å². The Kier molecular flexibility index (Phi) is 5.30. The number of nitrogens with zero attached hydrogens (tertiary/aromatic N) is 2. The van der Waals surface area contributed by atoms with Crippen LogP contribution in [0.1, 0.15) is 42.5 Å². The molecule has 5 nitrogen and oxygen atoms in total. The minimum atomic E-state index is -0.117. The van der Waals surface area contributed by atoms with Crippen molar-refractivity contribution >= 4 is 5.91 Å². The molecular weight excluding hydrogens is 328 g/mol. The highest BCUT2D eigenvalue weighted by atomic mass is 16.5. The van der Waals surface area contributed by atoms with E-state index in [1.165, 1.54) is 0 Å². The van der Waals surface area contributed by atoms with Gasteiger partial charge in [0.1, 0.15) is 0 Å². The fourth-order valence-electron chi connectivity index (χ4n) is 4.70. The molecule has 3 aliphatic heterocycles. The Balaban J connectivity index is 1.27. The van der Waals surface area contributed by atoms with Crippen LogP contribution in [0.3, 0.4) is 0 Å². The van der Waals surface area contributed by atoms with Gasteiger partial charge >= 0.3 is 0 Å². The van der Waals surface area contributed by atoms with Gasteiger partial charge in [0.05, 0.1) is 18.8 Å². The lowest BCUT2D eigenvalue weighted by molar-refractivity contribution is 0.0302. The molecule has 1 spiro atoms. The van der Waals surface area contributed by atoms with Crippen LogP contribution in [0, 0.1) is 5.41 Å². The second-order valence-electron chi connectivity index (χ2n) is 8.33. The maximum Gasteiger partial charge on any atom is 0.253 e. The normalized spacial score (nSPS) is 27.1. The summed E-state index contributed by atoms with van der Waals surface area (Å²) in [6.07, 6.45) is 5.15. The minimum Gasteiger partial charge on any atom is -0.393 e. The van der Waals surface area contributed by atoms with Gasteiger partial charge in [0.15, 0.2) is 0 Å². The van der Waals surface area contributed by atoms with Crippen LogP contribution in [-0.4, -0.2) is 72.4 Å². The Morgan fingerprint density at radius 3 is 2.50 bits per heavy atom. The second-order valence-corrected chi connectivity index (χ2v) is 8.33. The van der Waals surface area contributed by atoms with Crippen LogP contribution < -0.4 is 0 Å². The zero-order valence-corrected chi connectivity index (χ0v) is 15.5. The molecule has 1 aromatic rings. The summed E-state index contributed by atoms with van der Waals surface area (Å²) < 4.78 is 6.15. The molecule has 1 N–H and O–H groups in total. The van der Waals surface area contributed by atoms with Gasteiger partial charge in [0.2, 0.25) is 0 Å². The van der Waals surface area contributed by atoms with Crippen LogP contribution in [0.5, 0.6) is 0 Å². The lowest BCUT2D eigenvalue weighted by Gasteiger charge is -2.38. The summed E-state index contributed by atoms with van der Waals surface area (Å²) in [6.45, 7) is 5.45. The molecule has 0 bridgehead atoms. The Hall–Kier alpha value is -1.43. The molecular formula is C21H30N2O3. The van der Waals surface area contributed by atoms with Crippen molar-refractivity contribution in [1.29, 1.82) is 0 Å². The predicted molar refractivity (Wildman–Crippen MR) is 100 cm³/mol. The van der Waals surface area contributed by atoms with E-state index < -0.39 is 0 Å². The van der Waals surface area contributed by atoms with Crippen LogP contribution in [0.15, 0.2) is 30.3 Å². The number of aliphatic hydroxyl groups is 1. The lowest BCUT2D eigenvalue weighted by atomic mass is 9.76. The van der Waals surface area contributed by atoms with Crippen molar-refractivity contribution in [3.05, 3.63) is 35.9 Å². The molecule has 3 saturated heterocycles. The molecule has 26 heavy (non-hydrogen) atoms. The van der Waals surface area contributed by atoms with Crippen LogP contribution in [-0.2, 0) is 4.74 Å². The molecule has 0 aliphatic carbocycles. The molecule has 142 valence electrons. The summed E-state index contributed by atoms with van der Waals surface area (Å²) >= 11 is 0. The number of rotatable bonds is 3. The van der Waals surface area contributed by atoms with E-state index in [9.17, 15) is 9.90 Å². The number of carbonyl (C=O) groups excluding carboxylic acids is 1. The first kappa shape index (κ1) is 18.0. The number of carbonyl (C=O) groups is 1. The summed E-state index contributed by atoms with van der Waals surface area (Å²) in [5, 5.41) is 9.65. The minimum absolute atomic E-state index is 0.117. The first-order valence-corrected chi connectivity index (χ1v) is 10.00. The molecule has 3 aliphatic rings. The SMILES string of the molecule is O=C(c1ccccc1)N1CCC2(CC1)CO[C@H](CN1CCC(O)CC1)C2. The quantitative estimate of drug-likeness (QED) is 0.900. The summed E-state index contributed by atoms with van der Waals surface area (Å²) in [5.41, 5.74) is 1.05. The van der Waals surface area contributed by atoms with Crippen LogP contribution >= 0.6 is 0 Å². The van der Waals surface area contributed by atoms with E-state index >= 15 is 0 Å². The molecule has 3 heterocycles. The summed E-state index contributed by atoms with van der Waals surface area (Å²) in [4.78, 5) is 17.1. The summed E-state index contributed by atoms with van der Waals surface area (Å²) in [7, 11) is 0. The summed E-state index contributed by atoms with van der Waals surface area (Å²) in [5.74, 6) is 0.155. The van der Waals surface area contributed by atoms with Crippen molar-refractivity contribution in [2.45, 2.75) is 44.3 Å². The molecule has 0 aromatic heterocycles. The van der Waals surface area contributed by atoms with Gasteiger partial charge in [0, 0.05) is 38.3 Å². The monoisotopic (exact) mass is 358 g/mol. The molecule has 4 rings (SSSR count). The van der Waals surface area contributed by atoms with E-state index in [0.29, 0.717) is 6.10 Å². The highest BCUT2D eigenvalue weighted by molar-refractivity contribution is 5.94. The standard InChI is InChI=1S/C21H30N2O3/c24-18-6-10-22(11-7-18)15-19-14-21(16-26-19)8-12-23(13-9-21)20(25)17-4-2-1-3-5-17/h1-5,18-19,24H,6-16H2/t19-/m0/s1. The molecule has 1 atom stereocenters. The number of piperidine rings is 2. The molecule has 0 unspecified atom stereocenters. The molecule has 1 amide bonds. The number of hydrogen-bond acceptors (Lipinski definition) is 4. The average molecular weight is 358 g/mol.